The predicted octanol–water partition coefficient (Wildman–Crippen LogP) is 0.707. The van der Waals surface area contributed by atoms with Gasteiger partial charge < -0.3 is 9.84 Å². The van der Waals surface area contributed by atoms with Gasteiger partial charge in [-0.05, 0) is 12.3 Å². The number of hydrogen-bond acceptors (Lipinski definition) is 7. The maximum Gasteiger partial charge on any atom is 0.358 e. The molecule has 1 unspecified atom stereocenters. The highest BCUT2D eigenvalue weighted by Crippen LogP contribution is 2.21. The van der Waals surface area contributed by atoms with E-state index < -0.39 is 28.0 Å². The second kappa shape index (κ2) is 6.96. The van der Waals surface area contributed by atoms with Crippen molar-refractivity contribution in [2.45, 2.75) is 30.5 Å². The van der Waals surface area contributed by atoms with Crippen LogP contribution in [0.25, 0.3) is 0 Å². The molecule has 0 saturated carbocycles. The van der Waals surface area contributed by atoms with Crippen LogP contribution in [0, 0.1) is 5.92 Å². The minimum Gasteiger partial charge on any atom is -0.480 e. The summed E-state index contributed by atoms with van der Waals surface area (Å²) in [6, 6.07) is -1.28. The topological polar surface area (TPSA) is 123 Å². The number of esters is 1. The van der Waals surface area contributed by atoms with Gasteiger partial charge in [-0.15, -0.1) is 11.3 Å². The molecule has 0 spiro atoms. The van der Waals surface area contributed by atoms with E-state index in [4.69, 9.17) is 5.11 Å². The molecule has 8 nitrogen and oxygen atoms in total. The third-order valence-electron chi connectivity index (χ3n) is 2.46. The molecule has 1 heterocycles. The number of aliphatic carboxylic acids is 1. The number of carbonyl (C=O) groups excluding carboxylic acids is 1. The molecule has 1 atom stereocenters. The summed E-state index contributed by atoms with van der Waals surface area (Å²) in [5.74, 6) is -2.20. The Bertz CT molecular complexity index is 622. The smallest absolute Gasteiger partial charge is 0.358 e. The number of sulfonamides is 1. The summed E-state index contributed by atoms with van der Waals surface area (Å²) >= 11 is 0.717. The molecule has 0 radical (unpaired) electrons. The number of aromatic nitrogens is 1. The van der Waals surface area contributed by atoms with Crippen LogP contribution in [0.5, 0.6) is 0 Å². The Hall–Kier alpha value is -1.52. The number of carboxylic acid groups (broad SMARTS) is 1. The number of thiazole rings is 1. The monoisotopic (exact) mass is 336 g/mol. The molecule has 1 rings (SSSR count). The number of carbonyl (C=O) groups is 2. The number of nitrogens with one attached hydrogen (secondary N) is 1. The van der Waals surface area contributed by atoms with Crippen LogP contribution >= 0.6 is 11.3 Å². The number of carboxylic acids is 1. The quantitative estimate of drug-likeness (QED) is 0.703. The van der Waals surface area contributed by atoms with Crippen molar-refractivity contribution in [1.82, 2.24) is 9.71 Å². The zero-order valence-electron chi connectivity index (χ0n) is 11.7. The second-order valence-corrected chi connectivity index (χ2v) is 7.39. The summed E-state index contributed by atoms with van der Waals surface area (Å²) in [6.07, 6.45) is 0.126. The van der Waals surface area contributed by atoms with Crippen LogP contribution in [-0.2, 0) is 19.6 Å². The van der Waals surface area contributed by atoms with Gasteiger partial charge in [0, 0.05) is 0 Å². The molecule has 0 aliphatic rings. The third-order valence-corrected chi connectivity index (χ3v) is 5.30. The SMILES string of the molecule is COC(=O)c1ncsc1S(=O)(=O)NC(CC(C)C)C(=O)O. The van der Waals surface area contributed by atoms with E-state index >= 15 is 0 Å². The van der Waals surface area contributed by atoms with Crippen LogP contribution in [0.4, 0.5) is 0 Å². The minimum atomic E-state index is -4.17. The molecule has 21 heavy (non-hydrogen) atoms. The largest absolute Gasteiger partial charge is 0.480 e. The van der Waals surface area contributed by atoms with Crippen molar-refractivity contribution < 1.29 is 27.9 Å². The van der Waals surface area contributed by atoms with E-state index in [0.717, 1.165) is 18.4 Å². The van der Waals surface area contributed by atoms with Crippen molar-refractivity contribution in [1.29, 1.82) is 0 Å². The highest BCUT2D eigenvalue weighted by Gasteiger charge is 2.31. The van der Waals surface area contributed by atoms with E-state index in [0.29, 0.717) is 0 Å². The number of rotatable bonds is 7. The van der Waals surface area contributed by atoms with Crippen molar-refractivity contribution >= 4 is 33.3 Å². The van der Waals surface area contributed by atoms with E-state index in [9.17, 15) is 18.0 Å². The molecular formula is C11H16N2O6S2. The third kappa shape index (κ3) is 4.48. The fourth-order valence-corrected chi connectivity index (χ4v) is 3.92. The lowest BCUT2D eigenvalue weighted by atomic mass is 10.1. The van der Waals surface area contributed by atoms with Gasteiger partial charge in [0.15, 0.2) is 9.90 Å². The van der Waals surface area contributed by atoms with E-state index in [1.54, 1.807) is 13.8 Å². The summed E-state index contributed by atoms with van der Waals surface area (Å²) in [6.45, 7) is 3.55. The molecule has 1 aromatic heterocycles. The lowest BCUT2D eigenvalue weighted by Crippen LogP contribution is -2.41. The van der Waals surface area contributed by atoms with Crippen molar-refractivity contribution in [2.75, 3.05) is 7.11 Å². The fraction of sp³-hybridized carbons (Fsp3) is 0.545. The standard InChI is InChI=1S/C11H16N2O6S2/c1-6(2)4-7(9(14)15)13-21(17,18)11-8(10(16)19-3)12-5-20-11/h5-7,13H,4H2,1-3H3,(H,14,15). The molecule has 118 valence electrons. The van der Waals surface area contributed by atoms with Gasteiger partial charge in [0.1, 0.15) is 6.04 Å². The molecule has 0 bridgehead atoms. The summed E-state index contributed by atoms with van der Waals surface area (Å²) in [4.78, 5) is 26.2. The molecule has 0 aliphatic carbocycles. The summed E-state index contributed by atoms with van der Waals surface area (Å²) in [5, 5.41) is 9.08. The lowest BCUT2D eigenvalue weighted by molar-refractivity contribution is -0.139. The summed E-state index contributed by atoms with van der Waals surface area (Å²) < 4.78 is 30.6. The molecule has 2 N–H and O–H groups in total. The van der Waals surface area contributed by atoms with E-state index in [1.807, 2.05) is 0 Å². The highest BCUT2D eigenvalue weighted by molar-refractivity contribution is 7.91. The Morgan fingerprint density at radius 3 is 2.57 bits per heavy atom. The Labute approximate surface area is 126 Å². The van der Waals surface area contributed by atoms with Crippen LogP contribution in [-0.4, -0.2) is 43.6 Å². The first-order valence-electron chi connectivity index (χ1n) is 5.96. The predicted molar refractivity (Wildman–Crippen MR) is 74.7 cm³/mol. The Balaban J connectivity index is 3.08. The zero-order valence-corrected chi connectivity index (χ0v) is 13.3. The molecule has 10 heteroatoms. The molecule has 0 fully saturated rings. The first kappa shape index (κ1) is 17.5. The molecule has 0 aliphatic heterocycles. The van der Waals surface area contributed by atoms with Crippen molar-refractivity contribution in [3.05, 3.63) is 11.2 Å². The second-order valence-electron chi connectivity index (χ2n) is 4.62. The average molecular weight is 336 g/mol. The Kier molecular flexibility index (Phi) is 5.81. The molecule has 1 aromatic rings. The normalized spacial score (nSPS) is 13.1. The number of nitrogens with zero attached hydrogens (tertiary/aromatic N) is 1. The number of hydrogen-bond donors (Lipinski definition) is 2. The number of methoxy groups -OCH3 is 1. The number of ether oxygens (including phenoxy) is 1. The van der Waals surface area contributed by atoms with Crippen LogP contribution in [0.1, 0.15) is 30.8 Å². The zero-order chi connectivity index (χ0) is 16.2. The van der Waals surface area contributed by atoms with Crippen LogP contribution < -0.4 is 4.72 Å². The Morgan fingerprint density at radius 1 is 1.48 bits per heavy atom. The first-order chi connectivity index (χ1) is 9.69. The molecule has 0 saturated heterocycles. The van der Waals surface area contributed by atoms with Crippen LogP contribution in [0.15, 0.2) is 9.72 Å². The molecular weight excluding hydrogens is 320 g/mol. The summed E-state index contributed by atoms with van der Waals surface area (Å²) in [5.41, 5.74) is 0.822. The van der Waals surface area contributed by atoms with Gasteiger partial charge in [0.05, 0.1) is 12.6 Å². The Morgan fingerprint density at radius 2 is 2.10 bits per heavy atom. The van der Waals surface area contributed by atoms with Gasteiger partial charge in [-0.25, -0.2) is 18.2 Å². The van der Waals surface area contributed by atoms with Crippen LogP contribution in [0.2, 0.25) is 0 Å². The fourth-order valence-electron chi connectivity index (χ4n) is 1.57. The average Bonchev–Trinajstić information content (AvgIpc) is 2.86. The van der Waals surface area contributed by atoms with E-state index in [2.05, 4.69) is 14.4 Å². The van der Waals surface area contributed by atoms with Gasteiger partial charge in [0.25, 0.3) is 10.0 Å². The van der Waals surface area contributed by atoms with Crippen molar-refractivity contribution in [3.8, 4) is 0 Å². The highest BCUT2D eigenvalue weighted by atomic mass is 32.2. The lowest BCUT2D eigenvalue weighted by Gasteiger charge is -2.16. The van der Waals surface area contributed by atoms with E-state index in [-0.39, 0.29) is 22.2 Å². The van der Waals surface area contributed by atoms with Gasteiger partial charge in [-0.1, -0.05) is 13.8 Å². The van der Waals surface area contributed by atoms with Crippen LogP contribution in [0.3, 0.4) is 0 Å². The van der Waals surface area contributed by atoms with Crippen molar-refractivity contribution in [2.24, 2.45) is 5.92 Å². The molecule has 0 amide bonds. The first-order valence-corrected chi connectivity index (χ1v) is 8.32. The van der Waals surface area contributed by atoms with E-state index in [1.165, 1.54) is 5.51 Å². The van der Waals surface area contributed by atoms with Gasteiger partial charge in [0.2, 0.25) is 0 Å². The molecule has 0 aromatic carbocycles. The van der Waals surface area contributed by atoms with Gasteiger partial charge >= 0.3 is 11.9 Å². The minimum absolute atomic E-state index is 0.0182. The van der Waals surface area contributed by atoms with Crippen molar-refractivity contribution in [3.63, 3.8) is 0 Å². The van der Waals surface area contributed by atoms with Gasteiger partial charge in [-0.2, -0.15) is 4.72 Å². The summed E-state index contributed by atoms with van der Waals surface area (Å²) in [7, 11) is -3.07. The van der Waals surface area contributed by atoms with Gasteiger partial charge in [-0.3, -0.25) is 4.79 Å². The maximum absolute atomic E-state index is 12.2. The maximum atomic E-state index is 12.2.